The van der Waals surface area contributed by atoms with Crippen LogP contribution in [0.3, 0.4) is 0 Å². The zero-order chi connectivity index (χ0) is 19.8. The SMILES string of the molecule is CCCOc1ccc(Br)cc1/C=N/NC(=O)C(=O)Nc1cc(Cl)ccc1Cl. The van der Waals surface area contributed by atoms with Crippen LogP contribution in [0.5, 0.6) is 5.75 Å². The number of ether oxygens (including phenoxy) is 1. The molecule has 9 heteroatoms. The maximum Gasteiger partial charge on any atom is 0.329 e. The number of nitrogens with one attached hydrogen (secondary N) is 2. The third kappa shape index (κ3) is 6.53. The second-order valence-corrected chi connectivity index (χ2v) is 7.07. The highest BCUT2D eigenvalue weighted by Crippen LogP contribution is 2.25. The van der Waals surface area contributed by atoms with Crippen molar-refractivity contribution in [2.24, 2.45) is 5.10 Å². The summed E-state index contributed by atoms with van der Waals surface area (Å²) in [6, 6.07) is 9.93. The molecule has 27 heavy (non-hydrogen) atoms. The smallest absolute Gasteiger partial charge is 0.329 e. The predicted molar refractivity (Wildman–Crippen MR) is 111 cm³/mol. The van der Waals surface area contributed by atoms with Crippen LogP contribution in [0.15, 0.2) is 46.0 Å². The fraction of sp³-hybridized carbons (Fsp3) is 0.167. The lowest BCUT2D eigenvalue weighted by atomic mass is 10.2. The van der Waals surface area contributed by atoms with E-state index in [1.807, 2.05) is 13.0 Å². The van der Waals surface area contributed by atoms with Crippen LogP contribution in [0.2, 0.25) is 10.0 Å². The minimum Gasteiger partial charge on any atom is -0.493 e. The molecule has 2 aromatic carbocycles. The van der Waals surface area contributed by atoms with Crippen molar-refractivity contribution in [3.05, 3.63) is 56.5 Å². The molecule has 0 atom stereocenters. The molecule has 0 saturated heterocycles. The molecular weight excluding hydrogens is 457 g/mol. The van der Waals surface area contributed by atoms with E-state index in [2.05, 4.69) is 31.8 Å². The average molecular weight is 473 g/mol. The fourth-order valence-corrected chi connectivity index (χ4v) is 2.66. The Balaban J connectivity index is 2.01. The van der Waals surface area contributed by atoms with E-state index in [1.54, 1.807) is 18.2 Å². The standard InChI is InChI=1S/C18H16BrCl2N3O3/c1-2-7-27-16-6-3-12(19)8-11(16)10-22-24-18(26)17(25)23-15-9-13(20)4-5-14(15)21/h3-6,8-10H,2,7H2,1H3,(H,23,25)(H,24,26)/b22-10+. The van der Waals surface area contributed by atoms with Gasteiger partial charge in [-0.1, -0.05) is 46.1 Å². The number of benzene rings is 2. The first-order chi connectivity index (χ1) is 12.9. The van der Waals surface area contributed by atoms with Crippen molar-refractivity contribution >= 4 is 62.8 Å². The first kappa shape index (κ1) is 21.2. The molecule has 6 nitrogen and oxygen atoms in total. The number of hydrogen-bond acceptors (Lipinski definition) is 4. The lowest BCUT2D eigenvalue weighted by Crippen LogP contribution is -2.32. The van der Waals surface area contributed by atoms with Crippen molar-refractivity contribution in [3.63, 3.8) is 0 Å². The van der Waals surface area contributed by atoms with Crippen molar-refractivity contribution in [3.8, 4) is 5.75 Å². The van der Waals surface area contributed by atoms with E-state index in [9.17, 15) is 9.59 Å². The van der Waals surface area contributed by atoms with Gasteiger partial charge in [-0.2, -0.15) is 5.10 Å². The average Bonchev–Trinajstić information content (AvgIpc) is 2.64. The van der Waals surface area contributed by atoms with Gasteiger partial charge in [-0.15, -0.1) is 0 Å². The number of nitrogens with zero attached hydrogens (tertiary/aromatic N) is 1. The van der Waals surface area contributed by atoms with Gasteiger partial charge in [0.2, 0.25) is 0 Å². The summed E-state index contributed by atoms with van der Waals surface area (Å²) >= 11 is 15.2. The molecule has 0 fully saturated rings. The molecule has 2 amide bonds. The van der Waals surface area contributed by atoms with Crippen molar-refractivity contribution in [1.82, 2.24) is 5.43 Å². The normalized spacial score (nSPS) is 10.7. The zero-order valence-corrected chi connectivity index (χ0v) is 17.4. The van der Waals surface area contributed by atoms with E-state index in [-0.39, 0.29) is 10.7 Å². The molecule has 0 spiro atoms. The number of carbonyl (C=O) groups is 2. The Bertz CT molecular complexity index is 875. The van der Waals surface area contributed by atoms with Gasteiger partial charge in [0, 0.05) is 15.1 Å². The second-order valence-electron chi connectivity index (χ2n) is 5.31. The Morgan fingerprint density at radius 3 is 2.70 bits per heavy atom. The van der Waals surface area contributed by atoms with Gasteiger partial charge in [-0.3, -0.25) is 9.59 Å². The topological polar surface area (TPSA) is 79.8 Å². The minimum absolute atomic E-state index is 0.232. The third-order valence-corrected chi connectivity index (χ3v) is 4.24. The van der Waals surface area contributed by atoms with Crippen molar-refractivity contribution in [2.45, 2.75) is 13.3 Å². The van der Waals surface area contributed by atoms with Crippen LogP contribution < -0.4 is 15.5 Å². The molecule has 0 radical (unpaired) electrons. The summed E-state index contributed by atoms with van der Waals surface area (Å²) in [6.07, 6.45) is 2.25. The number of anilines is 1. The summed E-state index contributed by atoms with van der Waals surface area (Å²) in [4.78, 5) is 23.9. The van der Waals surface area contributed by atoms with Crippen LogP contribution in [0.1, 0.15) is 18.9 Å². The van der Waals surface area contributed by atoms with Gasteiger partial charge >= 0.3 is 11.8 Å². The summed E-state index contributed by atoms with van der Waals surface area (Å²) in [5.41, 5.74) is 3.04. The van der Waals surface area contributed by atoms with E-state index in [0.717, 1.165) is 10.9 Å². The molecule has 0 unspecified atom stereocenters. The van der Waals surface area contributed by atoms with Crippen LogP contribution in [0, 0.1) is 0 Å². The minimum atomic E-state index is -0.951. The van der Waals surface area contributed by atoms with Crippen molar-refractivity contribution in [1.29, 1.82) is 0 Å². The Labute approximate surface area is 175 Å². The quantitative estimate of drug-likeness (QED) is 0.365. The Morgan fingerprint density at radius 2 is 1.96 bits per heavy atom. The number of hydrazone groups is 1. The summed E-state index contributed by atoms with van der Waals surface area (Å²) in [5.74, 6) is -1.26. The van der Waals surface area contributed by atoms with Crippen molar-refractivity contribution in [2.75, 3.05) is 11.9 Å². The van der Waals surface area contributed by atoms with Gasteiger partial charge in [0.05, 0.1) is 23.5 Å². The number of rotatable bonds is 6. The van der Waals surface area contributed by atoms with Gasteiger partial charge < -0.3 is 10.1 Å². The molecule has 0 heterocycles. The Hall–Kier alpha value is -2.09. The summed E-state index contributed by atoms with van der Waals surface area (Å²) in [5, 5.41) is 6.82. The summed E-state index contributed by atoms with van der Waals surface area (Å²) in [7, 11) is 0. The lowest BCUT2D eigenvalue weighted by Gasteiger charge is -2.08. The summed E-state index contributed by atoms with van der Waals surface area (Å²) < 4.78 is 6.44. The first-order valence-corrected chi connectivity index (χ1v) is 9.47. The lowest BCUT2D eigenvalue weighted by molar-refractivity contribution is -0.136. The third-order valence-electron chi connectivity index (χ3n) is 3.19. The van der Waals surface area contributed by atoms with Gasteiger partial charge in [0.25, 0.3) is 0 Å². The highest BCUT2D eigenvalue weighted by atomic mass is 79.9. The number of carbonyl (C=O) groups excluding carboxylic acids is 2. The molecule has 0 aliphatic heterocycles. The van der Waals surface area contributed by atoms with Crippen LogP contribution in [0.4, 0.5) is 5.69 Å². The molecule has 2 rings (SSSR count). The molecule has 2 aromatic rings. The van der Waals surface area contributed by atoms with Gasteiger partial charge in [-0.25, -0.2) is 5.43 Å². The molecule has 2 N–H and O–H groups in total. The van der Waals surface area contributed by atoms with Crippen molar-refractivity contribution < 1.29 is 14.3 Å². The van der Waals surface area contributed by atoms with Gasteiger partial charge in [-0.05, 0) is 42.8 Å². The van der Waals surface area contributed by atoms with E-state index in [0.29, 0.717) is 22.9 Å². The molecule has 0 bridgehead atoms. The summed E-state index contributed by atoms with van der Waals surface area (Å²) in [6.45, 7) is 2.55. The first-order valence-electron chi connectivity index (χ1n) is 7.92. The van der Waals surface area contributed by atoms with E-state index >= 15 is 0 Å². The van der Waals surface area contributed by atoms with E-state index < -0.39 is 11.8 Å². The number of halogens is 3. The fourth-order valence-electron chi connectivity index (χ4n) is 1.95. The second kappa shape index (κ2) is 10.3. The predicted octanol–water partition coefficient (Wildman–Crippen LogP) is 4.63. The van der Waals surface area contributed by atoms with Crippen LogP contribution in [-0.2, 0) is 9.59 Å². The Morgan fingerprint density at radius 1 is 1.19 bits per heavy atom. The molecule has 142 valence electrons. The molecule has 0 aliphatic rings. The maximum atomic E-state index is 11.9. The highest BCUT2D eigenvalue weighted by Gasteiger charge is 2.15. The zero-order valence-electron chi connectivity index (χ0n) is 14.3. The molecule has 0 aliphatic carbocycles. The van der Waals surface area contributed by atoms with Gasteiger partial charge in [0.15, 0.2) is 0 Å². The van der Waals surface area contributed by atoms with E-state index in [1.165, 1.54) is 18.3 Å². The van der Waals surface area contributed by atoms with Gasteiger partial charge in [0.1, 0.15) is 5.75 Å². The molecule has 0 aromatic heterocycles. The number of amides is 2. The monoisotopic (exact) mass is 471 g/mol. The maximum absolute atomic E-state index is 11.9. The molecular formula is C18H16BrCl2N3O3. The van der Waals surface area contributed by atoms with E-state index in [4.69, 9.17) is 27.9 Å². The Kier molecular flexibility index (Phi) is 8.09. The highest BCUT2D eigenvalue weighted by molar-refractivity contribution is 9.10. The molecule has 0 saturated carbocycles. The number of hydrogen-bond donors (Lipinski definition) is 2. The van der Waals surface area contributed by atoms with Crippen LogP contribution in [0.25, 0.3) is 0 Å². The van der Waals surface area contributed by atoms with Crippen LogP contribution >= 0.6 is 39.1 Å². The van der Waals surface area contributed by atoms with Crippen LogP contribution in [-0.4, -0.2) is 24.6 Å². The largest absolute Gasteiger partial charge is 0.493 e.